The van der Waals surface area contributed by atoms with Crippen molar-refractivity contribution in [2.75, 3.05) is 6.54 Å². The van der Waals surface area contributed by atoms with Gasteiger partial charge in [0.2, 0.25) is 5.91 Å². The first-order valence-electron chi connectivity index (χ1n) is 7.38. The second-order valence-corrected chi connectivity index (χ2v) is 5.14. The van der Waals surface area contributed by atoms with Crippen LogP contribution in [0.5, 0.6) is 5.75 Å². The highest BCUT2D eigenvalue weighted by atomic mass is 16.3. The van der Waals surface area contributed by atoms with Gasteiger partial charge >= 0.3 is 0 Å². The molecule has 2 rings (SSSR count). The normalized spacial score (nSPS) is 11.1. The highest BCUT2D eigenvalue weighted by molar-refractivity contribution is 5.97. The van der Waals surface area contributed by atoms with Crippen molar-refractivity contribution in [2.24, 2.45) is 0 Å². The summed E-state index contributed by atoms with van der Waals surface area (Å²) < 4.78 is 0. The molecule has 0 spiro atoms. The lowest BCUT2D eigenvalue weighted by Gasteiger charge is -2.18. The summed E-state index contributed by atoms with van der Waals surface area (Å²) in [6, 6.07) is 16.0. The molecule has 0 radical (unpaired) electrons. The zero-order valence-corrected chi connectivity index (χ0v) is 12.9. The molecule has 0 aromatic heterocycles. The van der Waals surface area contributed by atoms with E-state index in [1.54, 1.807) is 42.5 Å². The van der Waals surface area contributed by atoms with Crippen LogP contribution in [0.2, 0.25) is 0 Å². The van der Waals surface area contributed by atoms with Gasteiger partial charge in [0.05, 0.1) is 6.07 Å². The minimum absolute atomic E-state index is 0.123. The summed E-state index contributed by atoms with van der Waals surface area (Å²) in [4.78, 5) is 24.5. The van der Waals surface area contributed by atoms with Gasteiger partial charge in [0.1, 0.15) is 18.3 Å². The number of amides is 2. The zero-order chi connectivity index (χ0) is 17.4. The van der Waals surface area contributed by atoms with E-state index >= 15 is 0 Å². The minimum Gasteiger partial charge on any atom is -0.508 e. The SMILES string of the molecule is N#CCNC(=O)[C@H](Cc1ccc(O)cc1)NC(=O)c1ccccc1. The average molecular weight is 323 g/mol. The summed E-state index contributed by atoms with van der Waals surface area (Å²) in [6.45, 7) is -0.133. The molecule has 6 nitrogen and oxygen atoms in total. The van der Waals surface area contributed by atoms with E-state index in [-0.39, 0.29) is 24.6 Å². The van der Waals surface area contributed by atoms with Crippen LogP contribution in [0.15, 0.2) is 54.6 Å². The quantitative estimate of drug-likeness (QED) is 0.699. The molecule has 0 aliphatic rings. The van der Waals surface area contributed by atoms with Crippen LogP contribution in [-0.4, -0.2) is 29.5 Å². The van der Waals surface area contributed by atoms with Gasteiger partial charge in [-0.3, -0.25) is 9.59 Å². The largest absolute Gasteiger partial charge is 0.508 e. The third-order valence-corrected chi connectivity index (χ3v) is 3.38. The molecule has 2 aromatic carbocycles. The van der Waals surface area contributed by atoms with Crippen molar-refractivity contribution >= 4 is 11.8 Å². The Morgan fingerprint density at radius 3 is 2.38 bits per heavy atom. The molecule has 2 aromatic rings. The van der Waals surface area contributed by atoms with E-state index in [9.17, 15) is 14.7 Å². The van der Waals surface area contributed by atoms with E-state index in [4.69, 9.17) is 5.26 Å². The second-order valence-electron chi connectivity index (χ2n) is 5.14. The van der Waals surface area contributed by atoms with Crippen molar-refractivity contribution in [2.45, 2.75) is 12.5 Å². The molecule has 3 N–H and O–H groups in total. The third-order valence-electron chi connectivity index (χ3n) is 3.38. The highest BCUT2D eigenvalue weighted by Gasteiger charge is 2.21. The molecule has 0 saturated heterocycles. The smallest absolute Gasteiger partial charge is 0.251 e. The van der Waals surface area contributed by atoms with E-state index in [1.165, 1.54) is 12.1 Å². The van der Waals surface area contributed by atoms with Crippen molar-refractivity contribution < 1.29 is 14.7 Å². The molecule has 0 saturated carbocycles. The Hall–Kier alpha value is -3.33. The number of nitrogens with zero attached hydrogens (tertiary/aromatic N) is 1. The van der Waals surface area contributed by atoms with E-state index < -0.39 is 11.9 Å². The van der Waals surface area contributed by atoms with Gasteiger partial charge in [-0.15, -0.1) is 0 Å². The van der Waals surface area contributed by atoms with E-state index in [0.29, 0.717) is 5.56 Å². The van der Waals surface area contributed by atoms with Crippen LogP contribution >= 0.6 is 0 Å². The summed E-state index contributed by atoms with van der Waals surface area (Å²) in [5.74, 6) is -0.682. The second kappa shape index (κ2) is 8.34. The molecule has 0 bridgehead atoms. The van der Waals surface area contributed by atoms with Gasteiger partial charge in [0.15, 0.2) is 0 Å². The number of carbonyl (C=O) groups excluding carboxylic acids is 2. The van der Waals surface area contributed by atoms with Crippen LogP contribution in [0.3, 0.4) is 0 Å². The Kier molecular flexibility index (Phi) is 5.92. The summed E-state index contributed by atoms with van der Waals surface area (Å²) >= 11 is 0. The molecule has 1 atom stereocenters. The Morgan fingerprint density at radius 1 is 1.08 bits per heavy atom. The summed E-state index contributed by atoms with van der Waals surface area (Å²) in [6.07, 6.45) is 0.246. The predicted molar refractivity (Wildman–Crippen MR) is 88.1 cm³/mol. The number of rotatable bonds is 6. The van der Waals surface area contributed by atoms with Crippen molar-refractivity contribution in [1.82, 2.24) is 10.6 Å². The van der Waals surface area contributed by atoms with Crippen LogP contribution < -0.4 is 10.6 Å². The van der Waals surface area contributed by atoms with Crippen LogP contribution in [0.25, 0.3) is 0 Å². The minimum atomic E-state index is -0.824. The number of nitriles is 1. The van der Waals surface area contributed by atoms with Crippen LogP contribution in [-0.2, 0) is 11.2 Å². The number of aromatic hydroxyl groups is 1. The monoisotopic (exact) mass is 323 g/mol. The van der Waals surface area contributed by atoms with Crippen LogP contribution in [0.1, 0.15) is 15.9 Å². The summed E-state index contributed by atoms with van der Waals surface area (Å²) in [7, 11) is 0. The number of nitrogens with one attached hydrogen (secondary N) is 2. The Labute approximate surface area is 139 Å². The fourth-order valence-electron chi connectivity index (χ4n) is 2.16. The van der Waals surface area contributed by atoms with Gasteiger partial charge in [-0.2, -0.15) is 5.26 Å². The molecule has 0 fully saturated rings. The van der Waals surface area contributed by atoms with E-state index in [1.807, 2.05) is 6.07 Å². The molecular weight excluding hydrogens is 306 g/mol. The molecule has 0 aliphatic heterocycles. The zero-order valence-electron chi connectivity index (χ0n) is 12.9. The van der Waals surface area contributed by atoms with Crippen molar-refractivity contribution in [3.05, 3.63) is 65.7 Å². The molecule has 0 aliphatic carbocycles. The van der Waals surface area contributed by atoms with Crippen LogP contribution in [0.4, 0.5) is 0 Å². The van der Waals surface area contributed by atoms with Gasteiger partial charge in [-0.1, -0.05) is 30.3 Å². The number of phenolic OH excluding ortho intramolecular Hbond substituents is 1. The summed E-state index contributed by atoms with van der Waals surface area (Å²) in [5.41, 5.74) is 1.22. The molecular formula is C18H17N3O3. The van der Waals surface area contributed by atoms with Crippen molar-refractivity contribution in [1.29, 1.82) is 5.26 Å². The lowest BCUT2D eigenvalue weighted by Crippen LogP contribution is -2.48. The van der Waals surface area contributed by atoms with E-state index in [0.717, 1.165) is 5.56 Å². The maximum atomic E-state index is 12.3. The number of hydrogen-bond donors (Lipinski definition) is 3. The Balaban J connectivity index is 2.13. The molecule has 0 heterocycles. The maximum absolute atomic E-state index is 12.3. The number of carbonyl (C=O) groups is 2. The highest BCUT2D eigenvalue weighted by Crippen LogP contribution is 2.12. The van der Waals surface area contributed by atoms with Crippen molar-refractivity contribution in [3.8, 4) is 11.8 Å². The molecule has 0 unspecified atom stereocenters. The molecule has 6 heteroatoms. The lowest BCUT2D eigenvalue weighted by atomic mass is 10.0. The first-order chi connectivity index (χ1) is 11.6. The first kappa shape index (κ1) is 17.0. The van der Waals surface area contributed by atoms with Gasteiger partial charge in [-0.05, 0) is 29.8 Å². The predicted octanol–water partition coefficient (Wildman–Crippen LogP) is 1.37. The third kappa shape index (κ3) is 4.85. The van der Waals surface area contributed by atoms with Gasteiger partial charge in [0, 0.05) is 12.0 Å². The number of benzene rings is 2. The lowest BCUT2D eigenvalue weighted by molar-refractivity contribution is -0.122. The first-order valence-corrected chi connectivity index (χ1v) is 7.38. The maximum Gasteiger partial charge on any atom is 0.251 e. The topological polar surface area (TPSA) is 102 Å². The Morgan fingerprint density at radius 2 is 1.75 bits per heavy atom. The van der Waals surface area contributed by atoms with Crippen molar-refractivity contribution in [3.63, 3.8) is 0 Å². The average Bonchev–Trinajstić information content (AvgIpc) is 2.61. The Bertz CT molecular complexity index is 736. The molecule has 24 heavy (non-hydrogen) atoms. The van der Waals surface area contributed by atoms with Gasteiger partial charge in [-0.25, -0.2) is 0 Å². The number of hydrogen-bond acceptors (Lipinski definition) is 4. The van der Waals surface area contributed by atoms with Crippen LogP contribution in [0, 0.1) is 11.3 Å². The molecule has 122 valence electrons. The van der Waals surface area contributed by atoms with Gasteiger partial charge < -0.3 is 15.7 Å². The fourth-order valence-corrected chi connectivity index (χ4v) is 2.16. The number of phenols is 1. The fraction of sp³-hybridized carbons (Fsp3) is 0.167. The standard InChI is InChI=1S/C18H17N3O3/c19-10-11-20-18(24)16(12-13-6-8-15(22)9-7-13)21-17(23)14-4-2-1-3-5-14/h1-9,16,22H,11-12H2,(H,20,24)(H,21,23)/t16-/m0/s1. The van der Waals surface area contributed by atoms with Gasteiger partial charge in [0.25, 0.3) is 5.91 Å². The summed E-state index contributed by atoms with van der Waals surface area (Å²) in [5, 5.41) is 23.1. The molecule has 2 amide bonds. The van der Waals surface area contributed by atoms with E-state index in [2.05, 4.69) is 10.6 Å².